The summed E-state index contributed by atoms with van der Waals surface area (Å²) in [5.41, 5.74) is 1.15. The molecule has 0 bridgehead atoms. The molecule has 2 heterocycles. The van der Waals surface area contributed by atoms with Gasteiger partial charge in [0.05, 0.1) is 9.26 Å². The van der Waals surface area contributed by atoms with Crippen molar-refractivity contribution in [2.45, 2.75) is 52.6 Å². The SMILES string of the molecule is CCCNc1nc(C2CCCO2)nc(CC(C)C)c1I. The maximum atomic E-state index is 5.74. The molecular formula is C15H24IN3O. The van der Waals surface area contributed by atoms with E-state index in [-0.39, 0.29) is 6.10 Å². The van der Waals surface area contributed by atoms with E-state index in [0.29, 0.717) is 5.92 Å². The Balaban J connectivity index is 2.30. The highest BCUT2D eigenvalue weighted by Gasteiger charge is 2.23. The zero-order valence-electron chi connectivity index (χ0n) is 12.6. The van der Waals surface area contributed by atoms with Gasteiger partial charge in [-0.1, -0.05) is 20.8 Å². The second-order valence-electron chi connectivity index (χ2n) is 5.72. The van der Waals surface area contributed by atoms with E-state index in [4.69, 9.17) is 14.7 Å². The molecule has 1 unspecified atom stereocenters. The number of hydrogen-bond donors (Lipinski definition) is 1. The first kappa shape index (κ1) is 15.9. The molecule has 4 nitrogen and oxygen atoms in total. The van der Waals surface area contributed by atoms with E-state index in [9.17, 15) is 0 Å². The van der Waals surface area contributed by atoms with Crippen LogP contribution in [0.4, 0.5) is 5.82 Å². The van der Waals surface area contributed by atoms with E-state index in [1.165, 1.54) is 0 Å². The number of halogens is 1. The molecule has 1 N–H and O–H groups in total. The largest absolute Gasteiger partial charge is 0.370 e. The van der Waals surface area contributed by atoms with Gasteiger partial charge in [0.15, 0.2) is 5.82 Å². The van der Waals surface area contributed by atoms with Crippen LogP contribution in [-0.2, 0) is 11.2 Å². The Kier molecular flexibility index (Phi) is 6.01. The van der Waals surface area contributed by atoms with Crippen LogP contribution < -0.4 is 5.32 Å². The van der Waals surface area contributed by atoms with Gasteiger partial charge in [-0.3, -0.25) is 0 Å². The van der Waals surface area contributed by atoms with Crippen molar-refractivity contribution < 1.29 is 4.74 Å². The molecular weight excluding hydrogens is 365 g/mol. The van der Waals surface area contributed by atoms with Gasteiger partial charge in [0.2, 0.25) is 0 Å². The van der Waals surface area contributed by atoms with Crippen molar-refractivity contribution in [1.29, 1.82) is 0 Å². The average molecular weight is 389 g/mol. The molecule has 5 heteroatoms. The predicted octanol–water partition coefficient (Wildman–Crippen LogP) is 3.95. The van der Waals surface area contributed by atoms with Crippen LogP contribution in [0.2, 0.25) is 0 Å². The molecule has 20 heavy (non-hydrogen) atoms. The molecule has 1 aliphatic rings. The predicted molar refractivity (Wildman–Crippen MR) is 90.0 cm³/mol. The summed E-state index contributed by atoms with van der Waals surface area (Å²) < 4.78 is 6.90. The van der Waals surface area contributed by atoms with Crippen molar-refractivity contribution in [3.8, 4) is 0 Å². The topological polar surface area (TPSA) is 47.0 Å². The van der Waals surface area contributed by atoms with E-state index >= 15 is 0 Å². The maximum absolute atomic E-state index is 5.74. The van der Waals surface area contributed by atoms with Crippen molar-refractivity contribution >= 4 is 28.4 Å². The standard InChI is InChI=1S/C15H24IN3O/c1-4-7-17-15-13(16)11(9-10(2)3)18-14(19-15)12-6-5-8-20-12/h10,12H,4-9H2,1-3H3,(H,17,18,19). The fourth-order valence-electron chi connectivity index (χ4n) is 2.32. The Labute approximate surface area is 135 Å². The third-order valence-corrected chi connectivity index (χ3v) is 4.43. The fourth-order valence-corrected chi connectivity index (χ4v) is 2.97. The molecule has 112 valence electrons. The summed E-state index contributed by atoms with van der Waals surface area (Å²) >= 11 is 2.37. The van der Waals surface area contributed by atoms with Crippen LogP contribution >= 0.6 is 22.6 Å². The first-order valence-electron chi connectivity index (χ1n) is 7.53. The minimum atomic E-state index is 0.0834. The second kappa shape index (κ2) is 7.54. The summed E-state index contributed by atoms with van der Waals surface area (Å²) in [5, 5.41) is 3.43. The lowest BCUT2D eigenvalue weighted by Gasteiger charge is -2.16. The molecule has 1 atom stereocenters. The molecule has 0 radical (unpaired) electrons. The highest BCUT2D eigenvalue weighted by atomic mass is 127. The van der Waals surface area contributed by atoms with Crippen molar-refractivity contribution in [2.24, 2.45) is 5.92 Å². The third kappa shape index (κ3) is 4.04. The van der Waals surface area contributed by atoms with E-state index < -0.39 is 0 Å². The Morgan fingerprint density at radius 2 is 2.20 bits per heavy atom. The zero-order valence-corrected chi connectivity index (χ0v) is 14.7. The fraction of sp³-hybridized carbons (Fsp3) is 0.733. The second-order valence-corrected chi connectivity index (χ2v) is 6.80. The van der Waals surface area contributed by atoms with E-state index in [1.54, 1.807) is 0 Å². The summed E-state index contributed by atoms with van der Waals surface area (Å²) in [6, 6.07) is 0. The van der Waals surface area contributed by atoms with Crippen LogP contribution in [0.25, 0.3) is 0 Å². The molecule has 0 saturated carbocycles. The van der Waals surface area contributed by atoms with E-state index in [2.05, 4.69) is 48.7 Å². The smallest absolute Gasteiger partial charge is 0.159 e. The molecule has 1 saturated heterocycles. The molecule has 0 spiro atoms. The molecule has 0 aromatic carbocycles. The number of ether oxygens (including phenoxy) is 1. The van der Waals surface area contributed by atoms with Gasteiger partial charge in [-0.2, -0.15) is 0 Å². The molecule has 1 aromatic rings. The summed E-state index contributed by atoms with van der Waals surface area (Å²) in [4.78, 5) is 9.48. The summed E-state index contributed by atoms with van der Waals surface area (Å²) in [5.74, 6) is 2.43. The van der Waals surface area contributed by atoms with Crippen molar-refractivity contribution in [3.63, 3.8) is 0 Å². The lowest BCUT2D eigenvalue weighted by atomic mass is 10.1. The van der Waals surface area contributed by atoms with Crippen molar-refractivity contribution in [1.82, 2.24) is 9.97 Å². The number of anilines is 1. The highest BCUT2D eigenvalue weighted by Crippen LogP contribution is 2.29. The van der Waals surface area contributed by atoms with Gasteiger partial charge in [-0.15, -0.1) is 0 Å². The first-order chi connectivity index (χ1) is 9.61. The molecule has 0 amide bonds. The zero-order chi connectivity index (χ0) is 14.5. The summed E-state index contributed by atoms with van der Waals surface area (Å²) in [6.45, 7) is 8.39. The van der Waals surface area contributed by atoms with Gasteiger partial charge in [0.25, 0.3) is 0 Å². The molecule has 1 fully saturated rings. The van der Waals surface area contributed by atoms with Gasteiger partial charge >= 0.3 is 0 Å². The van der Waals surface area contributed by atoms with Gasteiger partial charge < -0.3 is 10.1 Å². The Morgan fingerprint density at radius 3 is 2.80 bits per heavy atom. The third-order valence-electron chi connectivity index (χ3n) is 3.30. The van der Waals surface area contributed by atoms with Crippen LogP contribution in [0.3, 0.4) is 0 Å². The van der Waals surface area contributed by atoms with Crippen LogP contribution in [0.5, 0.6) is 0 Å². The number of nitrogens with one attached hydrogen (secondary N) is 1. The van der Waals surface area contributed by atoms with Crippen LogP contribution in [0.1, 0.15) is 57.7 Å². The minimum Gasteiger partial charge on any atom is -0.370 e. The maximum Gasteiger partial charge on any atom is 0.159 e. The van der Waals surface area contributed by atoms with Crippen LogP contribution in [0.15, 0.2) is 0 Å². The molecule has 0 aliphatic carbocycles. The number of nitrogens with zero attached hydrogens (tertiary/aromatic N) is 2. The Hall–Kier alpha value is -0.430. The quantitative estimate of drug-likeness (QED) is 0.749. The lowest BCUT2D eigenvalue weighted by Crippen LogP contribution is -2.14. The van der Waals surface area contributed by atoms with Gasteiger partial charge in [0, 0.05) is 13.2 Å². The molecule has 1 aromatic heterocycles. The number of hydrogen-bond acceptors (Lipinski definition) is 4. The van der Waals surface area contributed by atoms with Gasteiger partial charge in [0.1, 0.15) is 11.9 Å². The number of rotatable bonds is 6. The Morgan fingerprint density at radius 1 is 1.40 bits per heavy atom. The summed E-state index contributed by atoms with van der Waals surface area (Å²) in [6.07, 6.45) is 4.31. The van der Waals surface area contributed by atoms with Crippen LogP contribution in [0, 0.1) is 9.49 Å². The molecule has 2 rings (SSSR count). The Bertz CT molecular complexity index is 445. The first-order valence-corrected chi connectivity index (χ1v) is 8.61. The lowest BCUT2D eigenvalue weighted by molar-refractivity contribution is 0.105. The van der Waals surface area contributed by atoms with Crippen LogP contribution in [-0.4, -0.2) is 23.1 Å². The average Bonchev–Trinajstić information content (AvgIpc) is 2.93. The van der Waals surface area contributed by atoms with Gasteiger partial charge in [-0.05, 0) is 54.2 Å². The summed E-state index contributed by atoms with van der Waals surface area (Å²) in [7, 11) is 0. The number of aromatic nitrogens is 2. The molecule has 1 aliphatic heterocycles. The highest BCUT2D eigenvalue weighted by molar-refractivity contribution is 14.1. The van der Waals surface area contributed by atoms with E-state index in [1.807, 2.05) is 0 Å². The van der Waals surface area contributed by atoms with Crippen molar-refractivity contribution in [2.75, 3.05) is 18.5 Å². The van der Waals surface area contributed by atoms with Crippen molar-refractivity contribution in [3.05, 3.63) is 15.1 Å². The monoisotopic (exact) mass is 389 g/mol. The normalized spacial score (nSPS) is 18.8. The van der Waals surface area contributed by atoms with E-state index in [0.717, 1.165) is 59.7 Å². The van der Waals surface area contributed by atoms with Gasteiger partial charge in [-0.25, -0.2) is 9.97 Å². The minimum absolute atomic E-state index is 0.0834.